The molecule has 4 rings (SSSR count). The van der Waals surface area contributed by atoms with Crippen molar-refractivity contribution in [1.29, 1.82) is 0 Å². The van der Waals surface area contributed by atoms with Crippen LogP contribution >= 0.6 is 15.9 Å². The maximum Gasteiger partial charge on any atom is 0.139 e. The highest BCUT2D eigenvalue weighted by molar-refractivity contribution is 9.10. The van der Waals surface area contributed by atoms with E-state index in [-0.39, 0.29) is 0 Å². The smallest absolute Gasteiger partial charge is 0.139 e. The van der Waals surface area contributed by atoms with E-state index in [2.05, 4.69) is 54.3 Å². The third-order valence-corrected chi connectivity index (χ3v) is 4.84. The number of hydrogen-bond acceptors (Lipinski definition) is 4. The standard InChI is InChI=1S/C18H19BrN4O/c1-24-14-4-2-12(3-5-14)16-17(23-8-6-20-7-9-23)15-10-13(19)11-21-18(15)22-16/h2-5,10-11,20H,6-9H2,1H3,(H,21,22). The fourth-order valence-corrected chi connectivity index (χ4v) is 3.55. The summed E-state index contributed by atoms with van der Waals surface area (Å²) in [5.74, 6) is 0.861. The highest BCUT2D eigenvalue weighted by Gasteiger charge is 2.21. The van der Waals surface area contributed by atoms with Crippen LogP contribution in [0.1, 0.15) is 0 Å². The zero-order chi connectivity index (χ0) is 16.5. The molecule has 0 amide bonds. The Morgan fingerprint density at radius 3 is 2.62 bits per heavy atom. The number of fused-ring (bicyclic) bond motifs is 1. The van der Waals surface area contributed by atoms with Crippen LogP contribution in [0.2, 0.25) is 0 Å². The summed E-state index contributed by atoms with van der Waals surface area (Å²) in [5.41, 5.74) is 4.39. The van der Waals surface area contributed by atoms with Gasteiger partial charge in [0.05, 0.1) is 18.5 Å². The monoisotopic (exact) mass is 386 g/mol. The van der Waals surface area contributed by atoms with Crippen molar-refractivity contribution in [3.63, 3.8) is 0 Å². The van der Waals surface area contributed by atoms with Crippen molar-refractivity contribution in [2.75, 3.05) is 38.2 Å². The summed E-state index contributed by atoms with van der Waals surface area (Å²) in [6.07, 6.45) is 1.83. The van der Waals surface area contributed by atoms with E-state index in [1.54, 1.807) is 7.11 Å². The van der Waals surface area contributed by atoms with E-state index in [9.17, 15) is 0 Å². The molecule has 5 nitrogen and oxygen atoms in total. The molecule has 0 unspecified atom stereocenters. The van der Waals surface area contributed by atoms with Crippen molar-refractivity contribution in [3.8, 4) is 17.0 Å². The molecule has 24 heavy (non-hydrogen) atoms. The zero-order valence-corrected chi connectivity index (χ0v) is 15.1. The lowest BCUT2D eigenvalue weighted by molar-refractivity contribution is 0.415. The number of benzene rings is 1. The molecule has 0 radical (unpaired) electrons. The lowest BCUT2D eigenvalue weighted by Crippen LogP contribution is -2.43. The van der Waals surface area contributed by atoms with Crippen molar-refractivity contribution in [1.82, 2.24) is 15.3 Å². The number of nitrogens with zero attached hydrogens (tertiary/aromatic N) is 2. The van der Waals surface area contributed by atoms with Crippen LogP contribution in [0, 0.1) is 0 Å². The first-order valence-corrected chi connectivity index (χ1v) is 8.83. The Bertz CT molecular complexity index is 853. The summed E-state index contributed by atoms with van der Waals surface area (Å²) in [5, 5.41) is 4.57. The highest BCUT2D eigenvalue weighted by Crippen LogP contribution is 2.38. The lowest BCUT2D eigenvalue weighted by atomic mass is 10.1. The minimum Gasteiger partial charge on any atom is -0.497 e. The molecule has 3 heterocycles. The highest BCUT2D eigenvalue weighted by atomic mass is 79.9. The number of halogens is 1. The van der Waals surface area contributed by atoms with Gasteiger partial charge in [-0.25, -0.2) is 4.98 Å². The molecule has 0 bridgehead atoms. The first kappa shape index (κ1) is 15.5. The van der Waals surface area contributed by atoms with Crippen LogP contribution in [-0.4, -0.2) is 43.3 Å². The number of piperazine rings is 1. The molecule has 0 aliphatic carbocycles. The van der Waals surface area contributed by atoms with Crippen LogP contribution in [0.4, 0.5) is 5.69 Å². The number of ether oxygens (including phenoxy) is 1. The third kappa shape index (κ3) is 2.76. The first-order valence-electron chi connectivity index (χ1n) is 8.03. The molecule has 0 saturated carbocycles. The normalized spacial score (nSPS) is 15.0. The molecule has 3 aromatic rings. The Labute approximate surface area is 149 Å². The van der Waals surface area contributed by atoms with E-state index in [1.807, 2.05) is 18.3 Å². The summed E-state index contributed by atoms with van der Waals surface area (Å²) in [4.78, 5) is 10.5. The second-order valence-corrected chi connectivity index (χ2v) is 6.78. The van der Waals surface area contributed by atoms with Gasteiger partial charge in [-0.2, -0.15) is 0 Å². The van der Waals surface area contributed by atoms with E-state index < -0.39 is 0 Å². The van der Waals surface area contributed by atoms with Crippen LogP contribution < -0.4 is 15.0 Å². The van der Waals surface area contributed by atoms with Gasteiger partial charge in [0, 0.05) is 47.8 Å². The van der Waals surface area contributed by atoms with Gasteiger partial charge in [0.25, 0.3) is 0 Å². The Balaban J connectivity index is 1.89. The van der Waals surface area contributed by atoms with Gasteiger partial charge in [0.2, 0.25) is 0 Å². The Morgan fingerprint density at radius 1 is 1.17 bits per heavy atom. The maximum absolute atomic E-state index is 5.28. The molecule has 124 valence electrons. The van der Waals surface area contributed by atoms with E-state index in [0.29, 0.717) is 0 Å². The maximum atomic E-state index is 5.28. The number of pyridine rings is 1. The van der Waals surface area contributed by atoms with Crippen LogP contribution in [0.25, 0.3) is 22.3 Å². The number of aromatic nitrogens is 2. The SMILES string of the molecule is COc1ccc(-c2[nH]c3ncc(Br)cc3c2N2CCNCC2)cc1. The average molecular weight is 387 g/mol. The van der Waals surface area contributed by atoms with Crippen molar-refractivity contribution in [2.45, 2.75) is 0 Å². The number of aromatic amines is 1. The van der Waals surface area contributed by atoms with Gasteiger partial charge >= 0.3 is 0 Å². The zero-order valence-electron chi connectivity index (χ0n) is 13.5. The number of anilines is 1. The largest absolute Gasteiger partial charge is 0.497 e. The van der Waals surface area contributed by atoms with Crippen LogP contribution in [0.15, 0.2) is 41.0 Å². The van der Waals surface area contributed by atoms with Crippen LogP contribution in [-0.2, 0) is 0 Å². The molecule has 1 aliphatic heterocycles. The third-order valence-electron chi connectivity index (χ3n) is 4.40. The molecular formula is C18H19BrN4O. The molecule has 1 aliphatic rings. The van der Waals surface area contributed by atoms with E-state index in [1.165, 1.54) is 5.69 Å². The molecule has 6 heteroatoms. The fourth-order valence-electron chi connectivity index (χ4n) is 3.22. The number of rotatable bonds is 3. The number of methoxy groups -OCH3 is 1. The van der Waals surface area contributed by atoms with E-state index >= 15 is 0 Å². The predicted octanol–water partition coefficient (Wildman–Crippen LogP) is 3.41. The summed E-state index contributed by atoms with van der Waals surface area (Å²) in [7, 11) is 1.69. The topological polar surface area (TPSA) is 53.2 Å². The van der Waals surface area contributed by atoms with Crippen molar-refractivity contribution >= 4 is 32.7 Å². The van der Waals surface area contributed by atoms with Gasteiger partial charge in [-0.05, 0) is 46.3 Å². The first-order chi connectivity index (χ1) is 11.8. The van der Waals surface area contributed by atoms with E-state index in [4.69, 9.17) is 4.74 Å². The molecule has 2 N–H and O–H groups in total. The Morgan fingerprint density at radius 2 is 1.92 bits per heavy atom. The van der Waals surface area contributed by atoms with Crippen molar-refractivity contribution in [2.24, 2.45) is 0 Å². The summed E-state index contributed by atoms with van der Waals surface area (Å²) in [6, 6.07) is 10.3. The minimum absolute atomic E-state index is 0.861. The van der Waals surface area contributed by atoms with Crippen LogP contribution in [0.3, 0.4) is 0 Å². The average Bonchev–Trinajstić information content (AvgIpc) is 3.01. The van der Waals surface area contributed by atoms with Gasteiger partial charge in [0.15, 0.2) is 0 Å². The quantitative estimate of drug-likeness (QED) is 0.723. The van der Waals surface area contributed by atoms with Gasteiger partial charge in [-0.15, -0.1) is 0 Å². The molecule has 1 saturated heterocycles. The predicted molar refractivity (Wildman–Crippen MR) is 101 cm³/mol. The number of hydrogen-bond donors (Lipinski definition) is 2. The van der Waals surface area contributed by atoms with Gasteiger partial charge in [-0.1, -0.05) is 0 Å². The number of H-pyrrole nitrogens is 1. The summed E-state index contributed by atoms with van der Waals surface area (Å²) < 4.78 is 6.27. The van der Waals surface area contributed by atoms with Gasteiger partial charge < -0.3 is 19.9 Å². The molecular weight excluding hydrogens is 368 g/mol. The van der Waals surface area contributed by atoms with Crippen LogP contribution in [0.5, 0.6) is 5.75 Å². The Hall–Kier alpha value is -2.05. The molecule has 2 aromatic heterocycles. The summed E-state index contributed by atoms with van der Waals surface area (Å²) in [6.45, 7) is 3.97. The second kappa shape index (κ2) is 6.45. The number of nitrogens with one attached hydrogen (secondary N) is 2. The second-order valence-electron chi connectivity index (χ2n) is 5.86. The summed E-state index contributed by atoms with van der Waals surface area (Å²) >= 11 is 3.55. The van der Waals surface area contributed by atoms with E-state index in [0.717, 1.165) is 58.7 Å². The van der Waals surface area contributed by atoms with Gasteiger partial charge in [0.1, 0.15) is 11.4 Å². The molecule has 0 atom stereocenters. The Kier molecular flexibility index (Phi) is 4.16. The lowest BCUT2D eigenvalue weighted by Gasteiger charge is -2.30. The molecule has 1 aromatic carbocycles. The van der Waals surface area contributed by atoms with Gasteiger partial charge in [-0.3, -0.25) is 0 Å². The molecule has 0 spiro atoms. The minimum atomic E-state index is 0.861. The van der Waals surface area contributed by atoms with Crippen molar-refractivity contribution in [3.05, 3.63) is 41.0 Å². The van der Waals surface area contributed by atoms with Crippen molar-refractivity contribution < 1.29 is 4.74 Å². The fraction of sp³-hybridized carbons (Fsp3) is 0.278. The molecule has 1 fully saturated rings.